The molecule has 0 amide bonds. The van der Waals surface area contributed by atoms with Gasteiger partial charge in [0.25, 0.3) is 0 Å². The molecule has 0 spiro atoms. The normalized spacial score (nSPS) is 13.3. The number of ether oxygens (including phenoxy) is 1. The Labute approximate surface area is 121 Å². The van der Waals surface area contributed by atoms with Gasteiger partial charge >= 0.3 is 0 Å². The van der Waals surface area contributed by atoms with Gasteiger partial charge in [-0.2, -0.15) is 0 Å². The zero-order chi connectivity index (χ0) is 15.0. The highest BCUT2D eigenvalue weighted by Gasteiger charge is 2.18. The van der Waals surface area contributed by atoms with Crippen molar-refractivity contribution in [3.63, 3.8) is 0 Å². The average Bonchev–Trinajstić information content (AvgIpc) is 2.44. The van der Waals surface area contributed by atoms with E-state index in [0.29, 0.717) is 18.0 Å². The van der Waals surface area contributed by atoms with Crippen LogP contribution in [0.2, 0.25) is 0 Å². The molecule has 0 aliphatic heterocycles. The van der Waals surface area contributed by atoms with Crippen LogP contribution in [0, 0.1) is 0 Å². The summed E-state index contributed by atoms with van der Waals surface area (Å²) in [7, 11) is -3.50. The summed E-state index contributed by atoms with van der Waals surface area (Å²) < 4.78 is 32.6. The van der Waals surface area contributed by atoms with Crippen LogP contribution >= 0.6 is 0 Å². The van der Waals surface area contributed by atoms with Gasteiger partial charge in [-0.15, -0.1) is 0 Å². The van der Waals surface area contributed by atoms with Gasteiger partial charge in [0.2, 0.25) is 10.0 Å². The smallest absolute Gasteiger partial charge is 0.240 e. The molecule has 1 aromatic rings. The number of nitrogens with one attached hydrogen (secondary N) is 2. The van der Waals surface area contributed by atoms with Gasteiger partial charge in [-0.3, -0.25) is 0 Å². The molecule has 1 rings (SSSR count). The molecule has 1 aromatic carbocycles. The maximum atomic E-state index is 12.3. The van der Waals surface area contributed by atoms with Crippen LogP contribution in [0.1, 0.15) is 26.3 Å². The molecule has 1 atom stereocenters. The maximum absolute atomic E-state index is 12.3. The molecule has 0 aliphatic rings. The van der Waals surface area contributed by atoms with E-state index in [1.54, 1.807) is 12.1 Å². The van der Waals surface area contributed by atoms with Crippen molar-refractivity contribution in [3.05, 3.63) is 29.8 Å². The van der Waals surface area contributed by atoms with E-state index in [0.717, 1.165) is 12.1 Å². The largest absolute Gasteiger partial charge is 0.377 e. The van der Waals surface area contributed by atoms with Gasteiger partial charge in [0.05, 0.1) is 11.0 Å². The lowest BCUT2D eigenvalue weighted by atomic mass is 10.2. The van der Waals surface area contributed by atoms with E-state index in [-0.39, 0.29) is 12.6 Å². The highest BCUT2D eigenvalue weighted by atomic mass is 32.2. The van der Waals surface area contributed by atoms with Crippen molar-refractivity contribution in [2.75, 3.05) is 19.7 Å². The van der Waals surface area contributed by atoms with E-state index in [1.807, 2.05) is 32.9 Å². The number of hydrogen-bond donors (Lipinski definition) is 2. The summed E-state index contributed by atoms with van der Waals surface area (Å²) in [5, 5.41) is 3.15. The van der Waals surface area contributed by atoms with E-state index < -0.39 is 10.0 Å². The zero-order valence-electron chi connectivity index (χ0n) is 12.3. The zero-order valence-corrected chi connectivity index (χ0v) is 13.2. The second-order valence-electron chi connectivity index (χ2n) is 4.51. The minimum absolute atomic E-state index is 0.143. The van der Waals surface area contributed by atoms with Crippen LogP contribution in [-0.2, 0) is 21.3 Å². The SMILES string of the molecule is CCNCc1ccccc1S(=O)(=O)NCC(C)OCC. The molecule has 0 heterocycles. The molecular weight excluding hydrogens is 276 g/mol. The van der Waals surface area contributed by atoms with Crippen molar-refractivity contribution in [1.82, 2.24) is 10.0 Å². The van der Waals surface area contributed by atoms with Gasteiger partial charge in [0.15, 0.2) is 0 Å². The van der Waals surface area contributed by atoms with Crippen LogP contribution in [0.3, 0.4) is 0 Å². The van der Waals surface area contributed by atoms with Crippen molar-refractivity contribution < 1.29 is 13.2 Å². The van der Waals surface area contributed by atoms with Gasteiger partial charge < -0.3 is 10.1 Å². The van der Waals surface area contributed by atoms with E-state index >= 15 is 0 Å². The fourth-order valence-electron chi connectivity index (χ4n) is 1.82. The van der Waals surface area contributed by atoms with Gasteiger partial charge in [-0.05, 0) is 32.0 Å². The molecule has 2 N–H and O–H groups in total. The fourth-order valence-corrected chi connectivity index (χ4v) is 3.17. The summed E-state index contributed by atoms with van der Waals surface area (Å²) in [5.74, 6) is 0. The molecule has 0 aliphatic carbocycles. The topological polar surface area (TPSA) is 67.4 Å². The highest BCUT2D eigenvalue weighted by Crippen LogP contribution is 2.15. The maximum Gasteiger partial charge on any atom is 0.240 e. The first-order valence-electron chi connectivity index (χ1n) is 6.91. The van der Waals surface area contributed by atoms with Crippen LogP contribution in [-0.4, -0.2) is 34.2 Å². The Morgan fingerprint density at radius 3 is 2.60 bits per heavy atom. The van der Waals surface area contributed by atoms with Gasteiger partial charge in [-0.25, -0.2) is 13.1 Å². The summed E-state index contributed by atoms with van der Waals surface area (Å²) in [5.41, 5.74) is 0.769. The third-order valence-electron chi connectivity index (χ3n) is 2.84. The Hall–Kier alpha value is -0.950. The Balaban J connectivity index is 2.81. The number of sulfonamides is 1. The third kappa shape index (κ3) is 5.20. The van der Waals surface area contributed by atoms with Gasteiger partial charge in [0, 0.05) is 19.7 Å². The van der Waals surface area contributed by atoms with Crippen LogP contribution in [0.25, 0.3) is 0 Å². The molecule has 20 heavy (non-hydrogen) atoms. The lowest BCUT2D eigenvalue weighted by molar-refractivity contribution is 0.0799. The minimum atomic E-state index is -3.50. The van der Waals surface area contributed by atoms with Crippen molar-refractivity contribution >= 4 is 10.0 Å². The fraction of sp³-hybridized carbons (Fsp3) is 0.571. The Kier molecular flexibility index (Phi) is 7.15. The molecule has 6 heteroatoms. The predicted octanol–water partition coefficient (Wildman–Crippen LogP) is 1.50. The summed E-state index contributed by atoms with van der Waals surface area (Å²) >= 11 is 0. The molecule has 0 bridgehead atoms. The average molecular weight is 300 g/mol. The molecule has 114 valence electrons. The van der Waals surface area contributed by atoms with E-state index in [1.165, 1.54) is 0 Å². The third-order valence-corrected chi connectivity index (χ3v) is 4.36. The molecule has 0 radical (unpaired) electrons. The second kappa shape index (κ2) is 8.36. The van der Waals surface area contributed by atoms with Crippen molar-refractivity contribution in [1.29, 1.82) is 0 Å². The van der Waals surface area contributed by atoms with Crippen molar-refractivity contribution in [2.45, 2.75) is 38.3 Å². The van der Waals surface area contributed by atoms with E-state index in [9.17, 15) is 8.42 Å². The number of hydrogen-bond acceptors (Lipinski definition) is 4. The molecule has 5 nitrogen and oxygen atoms in total. The Morgan fingerprint density at radius 2 is 1.95 bits per heavy atom. The Morgan fingerprint density at radius 1 is 1.25 bits per heavy atom. The summed E-state index contributed by atoms with van der Waals surface area (Å²) in [6.07, 6.45) is -0.143. The second-order valence-corrected chi connectivity index (χ2v) is 6.24. The molecule has 0 fully saturated rings. The van der Waals surface area contributed by atoms with Crippen molar-refractivity contribution in [2.24, 2.45) is 0 Å². The molecule has 0 aromatic heterocycles. The summed E-state index contributed by atoms with van der Waals surface area (Å²) in [4.78, 5) is 0.324. The molecule has 1 unspecified atom stereocenters. The molecular formula is C14H24N2O3S. The first-order chi connectivity index (χ1) is 9.51. The quantitative estimate of drug-likeness (QED) is 0.725. The monoisotopic (exact) mass is 300 g/mol. The van der Waals surface area contributed by atoms with E-state index in [4.69, 9.17) is 4.74 Å². The minimum Gasteiger partial charge on any atom is -0.377 e. The summed E-state index contributed by atoms with van der Waals surface area (Å²) in [6.45, 7) is 7.88. The van der Waals surface area contributed by atoms with Crippen LogP contribution in [0.15, 0.2) is 29.2 Å². The lowest BCUT2D eigenvalue weighted by Crippen LogP contribution is -2.33. The molecule has 0 saturated heterocycles. The summed E-state index contributed by atoms with van der Waals surface area (Å²) in [6, 6.07) is 7.02. The predicted molar refractivity (Wildman–Crippen MR) is 80.1 cm³/mol. The van der Waals surface area contributed by atoms with E-state index in [2.05, 4.69) is 10.0 Å². The number of benzene rings is 1. The first-order valence-corrected chi connectivity index (χ1v) is 8.39. The number of rotatable bonds is 9. The molecule has 0 saturated carbocycles. The van der Waals surface area contributed by atoms with Crippen LogP contribution in [0.5, 0.6) is 0 Å². The lowest BCUT2D eigenvalue weighted by Gasteiger charge is -2.15. The standard InChI is InChI=1S/C14H24N2O3S/c1-4-15-11-13-8-6-7-9-14(13)20(17,18)16-10-12(3)19-5-2/h6-9,12,15-16H,4-5,10-11H2,1-3H3. The van der Waals surface area contributed by atoms with Gasteiger partial charge in [0.1, 0.15) is 0 Å². The van der Waals surface area contributed by atoms with Crippen LogP contribution in [0.4, 0.5) is 0 Å². The van der Waals surface area contributed by atoms with Crippen LogP contribution < -0.4 is 10.0 Å². The van der Waals surface area contributed by atoms with Gasteiger partial charge in [-0.1, -0.05) is 25.1 Å². The highest BCUT2D eigenvalue weighted by molar-refractivity contribution is 7.89. The Bertz CT molecular complexity index is 503. The van der Waals surface area contributed by atoms with Crippen molar-refractivity contribution in [3.8, 4) is 0 Å². The first kappa shape index (κ1) is 17.1.